The summed E-state index contributed by atoms with van der Waals surface area (Å²) in [7, 11) is 0. The largest absolute Gasteiger partial charge is 0.481 e. The normalized spacial score (nSPS) is 30.6. The van der Waals surface area contributed by atoms with Crippen LogP contribution in [0.5, 0.6) is 0 Å². The first-order valence-electron chi connectivity index (χ1n) is 3.29. The van der Waals surface area contributed by atoms with E-state index < -0.39 is 18.1 Å². The molecule has 0 bridgehead atoms. The summed E-state index contributed by atoms with van der Waals surface area (Å²) in [6.45, 7) is 0.786. The lowest BCUT2D eigenvalue weighted by Gasteiger charge is -2.22. The third kappa shape index (κ3) is 2.63. The highest BCUT2D eigenvalue weighted by Gasteiger charge is 2.30. The SMILES string of the molecule is Cl.O=C(O)[C@@H]1CCNC[C@@H]1F. The van der Waals surface area contributed by atoms with Crippen LogP contribution in [0.2, 0.25) is 0 Å². The first kappa shape index (κ1) is 10.7. The van der Waals surface area contributed by atoms with E-state index in [0.29, 0.717) is 13.0 Å². The molecule has 1 aliphatic heterocycles. The fourth-order valence-electron chi connectivity index (χ4n) is 1.10. The van der Waals surface area contributed by atoms with Crippen LogP contribution in [0, 0.1) is 5.92 Å². The lowest BCUT2D eigenvalue weighted by molar-refractivity contribution is -0.144. The molecule has 2 atom stereocenters. The van der Waals surface area contributed by atoms with Gasteiger partial charge in [0.25, 0.3) is 0 Å². The molecule has 0 aromatic heterocycles. The van der Waals surface area contributed by atoms with Crippen molar-refractivity contribution in [1.82, 2.24) is 5.32 Å². The molecular formula is C6H11ClFNO2. The minimum absolute atomic E-state index is 0. The van der Waals surface area contributed by atoms with Crippen LogP contribution in [-0.4, -0.2) is 30.3 Å². The molecule has 0 amide bonds. The standard InChI is InChI=1S/C6H10FNO2.ClH/c7-5-3-8-2-1-4(5)6(9)10;/h4-5,8H,1-3H2,(H,9,10);1H/t4-,5+;/m1./s1. The smallest absolute Gasteiger partial charge is 0.309 e. The van der Waals surface area contributed by atoms with Crippen molar-refractivity contribution in [2.45, 2.75) is 12.6 Å². The molecular weight excluding hydrogens is 173 g/mol. The molecule has 3 nitrogen and oxygen atoms in total. The zero-order valence-corrected chi connectivity index (χ0v) is 6.73. The maximum atomic E-state index is 12.7. The molecule has 0 saturated carbocycles. The maximum Gasteiger partial charge on any atom is 0.309 e. The van der Waals surface area contributed by atoms with Crippen LogP contribution in [0.1, 0.15) is 6.42 Å². The number of rotatable bonds is 1. The van der Waals surface area contributed by atoms with Crippen LogP contribution >= 0.6 is 12.4 Å². The minimum Gasteiger partial charge on any atom is -0.481 e. The Morgan fingerprint density at radius 1 is 1.64 bits per heavy atom. The maximum absolute atomic E-state index is 12.7. The summed E-state index contributed by atoms with van der Waals surface area (Å²) < 4.78 is 12.7. The molecule has 2 N–H and O–H groups in total. The zero-order valence-electron chi connectivity index (χ0n) is 5.92. The van der Waals surface area contributed by atoms with Gasteiger partial charge in [-0.05, 0) is 13.0 Å². The van der Waals surface area contributed by atoms with Crippen LogP contribution in [0.25, 0.3) is 0 Å². The fraction of sp³-hybridized carbons (Fsp3) is 0.833. The number of halogens is 2. The van der Waals surface area contributed by atoms with Crippen LogP contribution in [-0.2, 0) is 4.79 Å². The van der Waals surface area contributed by atoms with Gasteiger partial charge < -0.3 is 10.4 Å². The number of alkyl halides is 1. The average Bonchev–Trinajstić information content (AvgIpc) is 1.88. The second-order valence-corrected chi connectivity index (χ2v) is 2.45. The van der Waals surface area contributed by atoms with Gasteiger partial charge in [-0.3, -0.25) is 4.79 Å². The fourth-order valence-corrected chi connectivity index (χ4v) is 1.10. The zero-order chi connectivity index (χ0) is 7.56. The Bertz CT molecular complexity index is 145. The number of hydrogen-bond acceptors (Lipinski definition) is 2. The summed E-state index contributed by atoms with van der Waals surface area (Å²) in [5.41, 5.74) is 0. The molecule has 66 valence electrons. The van der Waals surface area contributed by atoms with E-state index >= 15 is 0 Å². The summed E-state index contributed by atoms with van der Waals surface area (Å²) in [6.07, 6.45) is -0.817. The lowest BCUT2D eigenvalue weighted by atomic mass is 9.97. The van der Waals surface area contributed by atoms with E-state index in [1.54, 1.807) is 0 Å². The predicted octanol–water partition coefficient (Wildman–Crippen LogP) is 0.440. The Morgan fingerprint density at radius 2 is 2.27 bits per heavy atom. The van der Waals surface area contributed by atoms with Gasteiger partial charge >= 0.3 is 5.97 Å². The highest BCUT2D eigenvalue weighted by Crippen LogP contribution is 2.15. The Hall–Kier alpha value is -0.350. The number of nitrogens with one attached hydrogen (secondary N) is 1. The Balaban J connectivity index is 0.000001000. The molecule has 1 heterocycles. The Labute approximate surface area is 70.4 Å². The van der Waals surface area contributed by atoms with Gasteiger partial charge in [0.15, 0.2) is 0 Å². The van der Waals surface area contributed by atoms with Gasteiger partial charge in [0.05, 0.1) is 5.92 Å². The first-order valence-corrected chi connectivity index (χ1v) is 3.29. The summed E-state index contributed by atoms with van der Waals surface area (Å²) >= 11 is 0. The quantitative estimate of drug-likeness (QED) is 0.620. The van der Waals surface area contributed by atoms with Gasteiger partial charge in [0.1, 0.15) is 6.17 Å². The molecule has 1 saturated heterocycles. The molecule has 0 spiro atoms. The molecule has 0 radical (unpaired) electrons. The second-order valence-electron chi connectivity index (χ2n) is 2.45. The molecule has 1 aliphatic rings. The summed E-state index contributed by atoms with van der Waals surface area (Å²) in [6, 6.07) is 0. The summed E-state index contributed by atoms with van der Waals surface area (Å²) in [4.78, 5) is 10.3. The van der Waals surface area contributed by atoms with E-state index in [4.69, 9.17) is 5.11 Å². The van der Waals surface area contributed by atoms with Gasteiger partial charge in [0.2, 0.25) is 0 Å². The van der Waals surface area contributed by atoms with E-state index in [1.807, 2.05) is 0 Å². The average molecular weight is 184 g/mol. The number of carboxylic acids is 1. The number of aliphatic carboxylic acids is 1. The van der Waals surface area contributed by atoms with E-state index in [9.17, 15) is 9.18 Å². The number of piperidine rings is 1. The van der Waals surface area contributed by atoms with E-state index in [2.05, 4.69) is 5.32 Å². The van der Waals surface area contributed by atoms with Crippen LogP contribution in [0.4, 0.5) is 4.39 Å². The highest BCUT2D eigenvalue weighted by atomic mass is 35.5. The van der Waals surface area contributed by atoms with Crippen LogP contribution in [0.15, 0.2) is 0 Å². The van der Waals surface area contributed by atoms with Crippen molar-refractivity contribution in [2.24, 2.45) is 5.92 Å². The molecule has 0 aromatic carbocycles. The first-order chi connectivity index (χ1) is 4.72. The van der Waals surface area contributed by atoms with Crippen molar-refractivity contribution < 1.29 is 14.3 Å². The van der Waals surface area contributed by atoms with E-state index in [0.717, 1.165) is 0 Å². The van der Waals surface area contributed by atoms with Crippen LogP contribution < -0.4 is 5.32 Å². The van der Waals surface area contributed by atoms with Gasteiger partial charge in [-0.1, -0.05) is 0 Å². The lowest BCUT2D eigenvalue weighted by Crippen LogP contribution is -2.41. The van der Waals surface area contributed by atoms with Crippen molar-refractivity contribution in [2.75, 3.05) is 13.1 Å². The van der Waals surface area contributed by atoms with Gasteiger partial charge in [-0.2, -0.15) is 0 Å². The Kier molecular flexibility index (Phi) is 4.37. The van der Waals surface area contributed by atoms with Gasteiger partial charge in [0, 0.05) is 6.54 Å². The molecule has 1 rings (SSSR count). The Morgan fingerprint density at radius 3 is 2.64 bits per heavy atom. The molecule has 5 heteroatoms. The third-order valence-electron chi connectivity index (χ3n) is 1.73. The van der Waals surface area contributed by atoms with Crippen molar-refractivity contribution in [3.05, 3.63) is 0 Å². The van der Waals surface area contributed by atoms with Crippen molar-refractivity contribution >= 4 is 18.4 Å². The monoisotopic (exact) mass is 183 g/mol. The van der Waals surface area contributed by atoms with Crippen molar-refractivity contribution in [1.29, 1.82) is 0 Å². The summed E-state index contributed by atoms with van der Waals surface area (Å²) in [5, 5.41) is 11.2. The number of carbonyl (C=O) groups is 1. The van der Waals surface area contributed by atoms with E-state index in [-0.39, 0.29) is 19.0 Å². The van der Waals surface area contributed by atoms with Crippen LogP contribution in [0.3, 0.4) is 0 Å². The molecule has 0 unspecified atom stereocenters. The number of hydrogen-bond donors (Lipinski definition) is 2. The molecule has 0 aromatic rings. The molecule has 0 aliphatic carbocycles. The number of carboxylic acid groups (broad SMARTS) is 1. The molecule has 11 heavy (non-hydrogen) atoms. The third-order valence-corrected chi connectivity index (χ3v) is 1.73. The topological polar surface area (TPSA) is 49.3 Å². The van der Waals surface area contributed by atoms with Crippen molar-refractivity contribution in [3.63, 3.8) is 0 Å². The van der Waals surface area contributed by atoms with E-state index in [1.165, 1.54) is 0 Å². The molecule has 1 fully saturated rings. The minimum atomic E-state index is -1.22. The highest BCUT2D eigenvalue weighted by molar-refractivity contribution is 5.85. The van der Waals surface area contributed by atoms with Gasteiger partial charge in [-0.15, -0.1) is 12.4 Å². The summed E-state index contributed by atoms with van der Waals surface area (Å²) in [5.74, 6) is -1.81. The predicted molar refractivity (Wildman–Crippen MR) is 40.8 cm³/mol. The van der Waals surface area contributed by atoms with Crippen molar-refractivity contribution in [3.8, 4) is 0 Å². The second kappa shape index (κ2) is 4.51. The van der Waals surface area contributed by atoms with Gasteiger partial charge in [-0.25, -0.2) is 4.39 Å².